The number of aromatic nitrogens is 1. The van der Waals surface area contributed by atoms with Crippen LogP contribution in [-0.4, -0.2) is 16.5 Å². The molecule has 0 aliphatic carbocycles. The van der Waals surface area contributed by atoms with Crippen LogP contribution in [-0.2, 0) is 0 Å². The Labute approximate surface area is 136 Å². The molecule has 0 fully saturated rings. The van der Waals surface area contributed by atoms with E-state index in [0.717, 1.165) is 0 Å². The third kappa shape index (κ3) is 5.57. The van der Waals surface area contributed by atoms with Crippen molar-refractivity contribution >= 4 is 45.1 Å². The summed E-state index contributed by atoms with van der Waals surface area (Å²) in [5.74, 6) is 0. The molecular formula is C13H9BrF3N3OS. The molecular weight excluding hydrogens is 383 g/mol. The molecule has 2 N–H and O–H groups in total. The quantitative estimate of drug-likeness (QED) is 0.565. The highest BCUT2D eigenvalue weighted by molar-refractivity contribution is 9.10. The number of rotatable bonds is 3. The molecule has 0 radical (unpaired) electrons. The Kier molecular flexibility index (Phi) is 5.30. The van der Waals surface area contributed by atoms with Gasteiger partial charge in [-0.2, -0.15) is 13.2 Å². The second-order valence-corrected chi connectivity index (χ2v) is 5.97. The van der Waals surface area contributed by atoms with E-state index in [4.69, 9.17) is 0 Å². The van der Waals surface area contributed by atoms with E-state index in [2.05, 4.69) is 31.5 Å². The number of thioether (sulfide) groups is 1. The molecule has 9 heteroatoms. The van der Waals surface area contributed by atoms with Crippen LogP contribution < -0.4 is 10.6 Å². The third-order valence-electron chi connectivity index (χ3n) is 2.31. The molecule has 4 nitrogen and oxygen atoms in total. The lowest BCUT2D eigenvalue weighted by atomic mass is 10.3. The number of amides is 2. The van der Waals surface area contributed by atoms with Crippen LogP contribution in [0.5, 0.6) is 0 Å². The molecule has 0 bridgehead atoms. The van der Waals surface area contributed by atoms with Gasteiger partial charge in [0.15, 0.2) is 0 Å². The minimum atomic E-state index is -4.37. The number of alkyl halides is 3. The summed E-state index contributed by atoms with van der Waals surface area (Å²) in [6.45, 7) is 0. The lowest BCUT2D eigenvalue weighted by Crippen LogP contribution is -2.19. The maximum atomic E-state index is 12.3. The molecule has 1 aromatic carbocycles. The molecule has 116 valence electrons. The van der Waals surface area contributed by atoms with Crippen molar-refractivity contribution in [3.63, 3.8) is 0 Å². The highest BCUT2D eigenvalue weighted by Gasteiger charge is 2.29. The highest BCUT2D eigenvalue weighted by Crippen LogP contribution is 2.37. The van der Waals surface area contributed by atoms with Crippen LogP contribution >= 0.6 is 27.7 Å². The molecule has 2 rings (SSSR count). The predicted molar refractivity (Wildman–Crippen MR) is 82.9 cm³/mol. The average molecular weight is 392 g/mol. The smallest absolute Gasteiger partial charge is 0.308 e. The number of hydrogen-bond acceptors (Lipinski definition) is 3. The first-order chi connectivity index (χ1) is 10.3. The molecule has 0 atom stereocenters. The van der Waals surface area contributed by atoms with Gasteiger partial charge in [-0.15, -0.1) is 0 Å². The van der Waals surface area contributed by atoms with E-state index in [-0.39, 0.29) is 22.3 Å². The summed E-state index contributed by atoms with van der Waals surface area (Å²) in [7, 11) is 0. The number of halogens is 4. The van der Waals surface area contributed by atoms with Gasteiger partial charge in [0.05, 0.1) is 0 Å². The predicted octanol–water partition coefficient (Wildman–Crippen LogP) is 5.10. The van der Waals surface area contributed by atoms with E-state index < -0.39 is 11.5 Å². The second kappa shape index (κ2) is 7.01. The molecule has 0 unspecified atom stereocenters. The minimum absolute atomic E-state index is 0.00282. The molecule has 0 saturated heterocycles. The summed E-state index contributed by atoms with van der Waals surface area (Å²) in [6.07, 6.45) is 1.50. The first-order valence-electron chi connectivity index (χ1n) is 5.87. The van der Waals surface area contributed by atoms with Crippen molar-refractivity contribution in [2.45, 2.75) is 10.4 Å². The number of benzene rings is 1. The van der Waals surface area contributed by atoms with E-state index in [0.29, 0.717) is 10.3 Å². The maximum absolute atomic E-state index is 12.3. The molecule has 1 aromatic heterocycles. The van der Waals surface area contributed by atoms with Crippen molar-refractivity contribution in [3.05, 3.63) is 47.2 Å². The summed E-state index contributed by atoms with van der Waals surface area (Å²) in [5, 5.41) is 5.02. The van der Waals surface area contributed by atoms with Crippen molar-refractivity contribution < 1.29 is 18.0 Å². The molecule has 0 saturated carbocycles. The zero-order valence-electron chi connectivity index (χ0n) is 10.8. The lowest BCUT2D eigenvalue weighted by Gasteiger charge is -2.10. The first kappa shape index (κ1) is 16.6. The topological polar surface area (TPSA) is 54.0 Å². The maximum Gasteiger partial charge on any atom is 0.446 e. The number of pyridine rings is 1. The summed E-state index contributed by atoms with van der Waals surface area (Å²) >= 11 is 2.93. The van der Waals surface area contributed by atoms with Gasteiger partial charge in [0.2, 0.25) is 0 Å². The lowest BCUT2D eigenvalue weighted by molar-refractivity contribution is -0.0328. The largest absolute Gasteiger partial charge is 0.446 e. The Bertz CT molecular complexity index is 682. The van der Waals surface area contributed by atoms with Gasteiger partial charge >= 0.3 is 11.5 Å². The number of carbonyl (C=O) groups is 1. The third-order valence-corrected chi connectivity index (χ3v) is 3.46. The second-order valence-electron chi connectivity index (χ2n) is 4.02. The molecule has 0 aliphatic rings. The number of hydrogen-bond donors (Lipinski definition) is 2. The summed E-state index contributed by atoms with van der Waals surface area (Å²) in [4.78, 5) is 15.7. The standard InChI is InChI=1S/C13H9BrF3N3OS/c14-11-7-9(4-5-18-11)20-12(21)19-8-2-1-3-10(6-8)22-13(15,16)17/h1-7H,(H2,18,19,20,21). The van der Waals surface area contributed by atoms with Gasteiger partial charge < -0.3 is 10.6 Å². The van der Waals surface area contributed by atoms with Crippen LogP contribution in [0.15, 0.2) is 52.1 Å². The molecule has 1 heterocycles. The molecule has 0 aliphatic heterocycles. The van der Waals surface area contributed by atoms with Crippen molar-refractivity contribution in [3.8, 4) is 0 Å². The van der Waals surface area contributed by atoms with E-state index in [9.17, 15) is 18.0 Å². The highest BCUT2D eigenvalue weighted by atomic mass is 79.9. The fourth-order valence-corrected chi connectivity index (χ4v) is 2.51. The fourth-order valence-electron chi connectivity index (χ4n) is 1.54. The summed E-state index contributed by atoms with van der Waals surface area (Å²) in [5.41, 5.74) is -3.61. The van der Waals surface area contributed by atoms with Crippen molar-refractivity contribution in [2.24, 2.45) is 0 Å². The monoisotopic (exact) mass is 391 g/mol. The minimum Gasteiger partial charge on any atom is -0.308 e. The van der Waals surface area contributed by atoms with Gasteiger partial charge in [0, 0.05) is 22.5 Å². The number of nitrogens with one attached hydrogen (secondary N) is 2. The van der Waals surface area contributed by atoms with E-state index in [1.54, 1.807) is 12.1 Å². The summed E-state index contributed by atoms with van der Waals surface area (Å²) < 4.78 is 37.5. The van der Waals surface area contributed by atoms with Gasteiger partial charge in [0.1, 0.15) is 4.60 Å². The Morgan fingerprint density at radius 2 is 1.82 bits per heavy atom. The van der Waals surface area contributed by atoms with Gasteiger partial charge in [-0.1, -0.05) is 6.07 Å². The number of carbonyl (C=O) groups excluding carboxylic acids is 1. The SMILES string of the molecule is O=C(Nc1cccc(SC(F)(F)F)c1)Nc1ccnc(Br)c1. The molecule has 22 heavy (non-hydrogen) atoms. The van der Waals surface area contributed by atoms with Crippen LogP contribution in [0.4, 0.5) is 29.3 Å². The Morgan fingerprint density at radius 3 is 2.45 bits per heavy atom. The van der Waals surface area contributed by atoms with Crippen LogP contribution in [0.3, 0.4) is 0 Å². The van der Waals surface area contributed by atoms with Gasteiger partial charge in [-0.3, -0.25) is 0 Å². The molecule has 2 aromatic rings. The van der Waals surface area contributed by atoms with Crippen molar-refractivity contribution in [1.82, 2.24) is 4.98 Å². The van der Waals surface area contributed by atoms with E-state index in [1.165, 1.54) is 30.5 Å². The van der Waals surface area contributed by atoms with Gasteiger partial charge in [-0.05, 0) is 58.0 Å². The van der Waals surface area contributed by atoms with Gasteiger partial charge in [-0.25, -0.2) is 9.78 Å². The molecule has 0 spiro atoms. The Hall–Kier alpha value is -1.74. The zero-order chi connectivity index (χ0) is 16.2. The normalized spacial score (nSPS) is 11.1. The van der Waals surface area contributed by atoms with Crippen LogP contribution in [0, 0.1) is 0 Å². The van der Waals surface area contributed by atoms with E-state index >= 15 is 0 Å². The Balaban J connectivity index is 2.01. The number of anilines is 2. The zero-order valence-corrected chi connectivity index (χ0v) is 13.2. The van der Waals surface area contributed by atoms with Crippen LogP contribution in [0.25, 0.3) is 0 Å². The summed E-state index contributed by atoms with van der Waals surface area (Å²) in [6, 6.07) is 8.12. The van der Waals surface area contributed by atoms with E-state index in [1.807, 2.05) is 0 Å². The van der Waals surface area contributed by atoms with Crippen molar-refractivity contribution in [1.29, 1.82) is 0 Å². The number of nitrogens with zero attached hydrogens (tertiary/aromatic N) is 1. The van der Waals surface area contributed by atoms with Crippen LogP contribution in [0.2, 0.25) is 0 Å². The van der Waals surface area contributed by atoms with Crippen molar-refractivity contribution in [2.75, 3.05) is 10.6 Å². The van der Waals surface area contributed by atoms with Crippen LogP contribution in [0.1, 0.15) is 0 Å². The Morgan fingerprint density at radius 1 is 1.14 bits per heavy atom. The molecule has 2 amide bonds. The number of urea groups is 1. The average Bonchev–Trinajstić information content (AvgIpc) is 2.36. The fraction of sp³-hybridized carbons (Fsp3) is 0.0769. The first-order valence-corrected chi connectivity index (χ1v) is 7.48. The van der Waals surface area contributed by atoms with Gasteiger partial charge in [0.25, 0.3) is 0 Å².